The lowest BCUT2D eigenvalue weighted by Crippen LogP contribution is -2.34. The van der Waals surface area contributed by atoms with Crippen LogP contribution in [0.3, 0.4) is 0 Å². The number of nitrogens with one attached hydrogen (secondary N) is 1. The number of carbonyl (C=O) groups excluding carboxylic acids is 3. The van der Waals surface area contributed by atoms with E-state index < -0.39 is 30.2 Å². The van der Waals surface area contributed by atoms with Crippen molar-refractivity contribution in [3.63, 3.8) is 0 Å². The molecule has 2 amide bonds. The molecule has 0 aliphatic heterocycles. The highest BCUT2D eigenvalue weighted by Crippen LogP contribution is 2.22. The van der Waals surface area contributed by atoms with Gasteiger partial charge in [0.2, 0.25) is 0 Å². The SMILES string of the molecule is CN(Cc1ccccc1F)C(=O)COC(=O)CNC(=O)c1ccc(C(C)(C)C)cc1. The molecule has 6 nitrogen and oxygen atoms in total. The van der Waals surface area contributed by atoms with Crippen molar-refractivity contribution in [2.75, 3.05) is 20.2 Å². The molecule has 2 rings (SSSR count). The summed E-state index contributed by atoms with van der Waals surface area (Å²) in [4.78, 5) is 37.3. The van der Waals surface area contributed by atoms with E-state index in [2.05, 4.69) is 26.1 Å². The molecule has 7 heteroatoms. The molecule has 2 aromatic rings. The van der Waals surface area contributed by atoms with Gasteiger partial charge in [0.15, 0.2) is 6.61 Å². The molecule has 0 aromatic heterocycles. The average molecular weight is 414 g/mol. The number of rotatable bonds is 7. The van der Waals surface area contributed by atoms with Crippen LogP contribution in [0.15, 0.2) is 48.5 Å². The number of hydrogen-bond donors (Lipinski definition) is 1. The number of halogens is 1. The number of nitrogens with zero attached hydrogens (tertiary/aromatic N) is 1. The van der Waals surface area contributed by atoms with Crippen molar-refractivity contribution >= 4 is 17.8 Å². The van der Waals surface area contributed by atoms with E-state index in [0.717, 1.165) is 5.56 Å². The van der Waals surface area contributed by atoms with Crippen LogP contribution >= 0.6 is 0 Å². The van der Waals surface area contributed by atoms with Crippen LogP contribution in [0.5, 0.6) is 0 Å². The number of amides is 2. The van der Waals surface area contributed by atoms with E-state index in [4.69, 9.17) is 4.74 Å². The normalized spacial score (nSPS) is 11.0. The van der Waals surface area contributed by atoms with Crippen molar-refractivity contribution in [2.24, 2.45) is 0 Å². The monoisotopic (exact) mass is 414 g/mol. The molecule has 0 saturated heterocycles. The number of carbonyl (C=O) groups is 3. The van der Waals surface area contributed by atoms with Crippen molar-refractivity contribution < 1.29 is 23.5 Å². The van der Waals surface area contributed by atoms with Gasteiger partial charge in [-0.3, -0.25) is 14.4 Å². The number of likely N-dealkylation sites (N-methyl/N-ethyl adjacent to an activating group) is 1. The topological polar surface area (TPSA) is 75.7 Å². The molecular weight excluding hydrogens is 387 g/mol. The van der Waals surface area contributed by atoms with Crippen molar-refractivity contribution in [1.82, 2.24) is 10.2 Å². The van der Waals surface area contributed by atoms with Gasteiger partial charge in [-0.1, -0.05) is 51.1 Å². The van der Waals surface area contributed by atoms with Gasteiger partial charge in [0.05, 0.1) is 0 Å². The maximum absolute atomic E-state index is 13.7. The Kier molecular flexibility index (Phi) is 7.69. The van der Waals surface area contributed by atoms with Crippen molar-refractivity contribution in [2.45, 2.75) is 32.7 Å². The number of ether oxygens (including phenoxy) is 1. The first kappa shape index (κ1) is 23.1. The Morgan fingerprint density at radius 3 is 2.27 bits per heavy atom. The fraction of sp³-hybridized carbons (Fsp3) is 0.348. The molecule has 0 aliphatic rings. The highest BCUT2D eigenvalue weighted by atomic mass is 19.1. The Hall–Kier alpha value is -3.22. The Balaban J connectivity index is 1.77. The van der Waals surface area contributed by atoms with Gasteiger partial charge in [-0.2, -0.15) is 0 Å². The third kappa shape index (κ3) is 6.69. The molecule has 0 spiro atoms. The van der Waals surface area contributed by atoms with Gasteiger partial charge in [0.25, 0.3) is 11.8 Å². The predicted octanol–water partition coefficient (Wildman–Crippen LogP) is 3.05. The summed E-state index contributed by atoms with van der Waals surface area (Å²) in [5, 5.41) is 2.47. The molecule has 0 bridgehead atoms. The highest BCUT2D eigenvalue weighted by Gasteiger charge is 2.16. The van der Waals surface area contributed by atoms with Gasteiger partial charge in [-0.15, -0.1) is 0 Å². The lowest BCUT2D eigenvalue weighted by Gasteiger charge is -2.19. The fourth-order valence-electron chi connectivity index (χ4n) is 2.65. The highest BCUT2D eigenvalue weighted by molar-refractivity contribution is 5.96. The Labute approximate surface area is 176 Å². The molecule has 0 saturated carbocycles. The van der Waals surface area contributed by atoms with Crippen LogP contribution in [0.1, 0.15) is 42.3 Å². The lowest BCUT2D eigenvalue weighted by atomic mass is 9.87. The van der Waals surface area contributed by atoms with Crippen LogP contribution < -0.4 is 5.32 Å². The van der Waals surface area contributed by atoms with E-state index in [1.807, 2.05) is 12.1 Å². The second-order valence-corrected chi connectivity index (χ2v) is 8.01. The summed E-state index contributed by atoms with van der Waals surface area (Å²) >= 11 is 0. The van der Waals surface area contributed by atoms with Gasteiger partial charge in [0.1, 0.15) is 12.4 Å². The van der Waals surface area contributed by atoms with Crippen LogP contribution in [0.4, 0.5) is 4.39 Å². The Morgan fingerprint density at radius 2 is 1.67 bits per heavy atom. The predicted molar refractivity (Wildman–Crippen MR) is 111 cm³/mol. The van der Waals surface area contributed by atoms with Crippen LogP contribution in [0.2, 0.25) is 0 Å². The van der Waals surface area contributed by atoms with Gasteiger partial charge in [-0.05, 0) is 29.2 Å². The minimum atomic E-state index is -0.734. The summed E-state index contributed by atoms with van der Waals surface area (Å²) in [6, 6.07) is 13.3. The first-order valence-corrected chi connectivity index (χ1v) is 9.59. The quantitative estimate of drug-likeness (QED) is 0.707. The molecule has 0 aliphatic carbocycles. The van der Waals surface area contributed by atoms with Crippen LogP contribution in [-0.4, -0.2) is 42.9 Å². The van der Waals surface area contributed by atoms with Crippen molar-refractivity contribution in [3.8, 4) is 0 Å². The third-order valence-corrected chi connectivity index (χ3v) is 4.55. The molecule has 2 aromatic carbocycles. The number of benzene rings is 2. The van der Waals surface area contributed by atoms with E-state index in [0.29, 0.717) is 11.1 Å². The van der Waals surface area contributed by atoms with E-state index in [1.54, 1.807) is 30.3 Å². The Morgan fingerprint density at radius 1 is 1.03 bits per heavy atom. The molecule has 0 radical (unpaired) electrons. The minimum absolute atomic E-state index is 0.0230. The molecule has 30 heavy (non-hydrogen) atoms. The summed E-state index contributed by atoms with van der Waals surface area (Å²) < 4.78 is 18.6. The molecule has 0 atom stereocenters. The summed E-state index contributed by atoms with van der Waals surface area (Å²) in [7, 11) is 1.49. The molecular formula is C23H27FN2O4. The molecule has 1 N–H and O–H groups in total. The Bertz CT molecular complexity index is 904. The number of hydrogen-bond acceptors (Lipinski definition) is 4. The maximum atomic E-state index is 13.7. The second-order valence-electron chi connectivity index (χ2n) is 8.01. The van der Waals surface area contributed by atoms with Gasteiger partial charge >= 0.3 is 5.97 Å². The van der Waals surface area contributed by atoms with Gasteiger partial charge in [0, 0.05) is 24.7 Å². The lowest BCUT2D eigenvalue weighted by molar-refractivity contribution is -0.150. The largest absolute Gasteiger partial charge is 0.454 e. The standard InChI is InChI=1S/C23H27FN2O4/c1-23(2,3)18-11-9-16(10-12-18)22(29)25-13-21(28)30-15-20(27)26(4)14-17-7-5-6-8-19(17)24/h5-12H,13-15H2,1-4H3,(H,25,29). The first-order chi connectivity index (χ1) is 14.1. The van der Waals surface area contributed by atoms with Crippen LogP contribution in [-0.2, 0) is 26.3 Å². The molecule has 0 unspecified atom stereocenters. The zero-order valence-electron chi connectivity index (χ0n) is 17.7. The van der Waals surface area contributed by atoms with E-state index in [1.165, 1.54) is 18.0 Å². The average Bonchev–Trinajstić information content (AvgIpc) is 2.71. The first-order valence-electron chi connectivity index (χ1n) is 9.59. The zero-order chi connectivity index (χ0) is 22.3. The maximum Gasteiger partial charge on any atom is 0.325 e. The van der Waals surface area contributed by atoms with Crippen LogP contribution in [0, 0.1) is 5.82 Å². The van der Waals surface area contributed by atoms with E-state index >= 15 is 0 Å². The van der Waals surface area contributed by atoms with E-state index in [9.17, 15) is 18.8 Å². The minimum Gasteiger partial charge on any atom is -0.454 e. The fourth-order valence-corrected chi connectivity index (χ4v) is 2.65. The van der Waals surface area contributed by atoms with Crippen molar-refractivity contribution in [1.29, 1.82) is 0 Å². The zero-order valence-corrected chi connectivity index (χ0v) is 17.7. The third-order valence-electron chi connectivity index (χ3n) is 4.55. The van der Waals surface area contributed by atoms with Crippen LogP contribution in [0.25, 0.3) is 0 Å². The smallest absolute Gasteiger partial charge is 0.325 e. The molecule has 0 heterocycles. The van der Waals surface area contributed by atoms with Crippen molar-refractivity contribution in [3.05, 3.63) is 71.0 Å². The summed E-state index contributed by atoms with van der Waals surface area (Å²) in [6.45, 7) is 5.45. The summed E-state index contributed by atoms with van der Waals surface area (Å²) in [5.41, 5.74) is 1.86. The second kappa shape index (κ2) is 10.0. The van der Waals surface area contributed by atoms with Gasteiger partial charge in [-0.25, -0.2) is 4.39 Å². The number of esters is 1. The summed E-state index contributed by atoms with van der Waals surface area (Å²) in [6.07, 6.45) is 0. The van der Waals surface area contributed by atoms with E-state index in [-0.39, 0.29) is 18.5 Å². The van der Waals surface area contributed by atoms with Gasteiger partial charge < -0.3 is 15.0 Å². The molecule has 0 fully saturated rings. The molecule has 160 valence electrons. The summed E-state index contributed by atoms with van der Waals surface area (Å²) in [5.74, 6) is -2.03.